The Hall–Kier alpha value is -1.43. The minimum atomic E-state index is -0.926. The van der Waals surface area contributed by atoms with Crippen LogP contribution in [0.4, 0.5) is 4.39 Å². The third-order valence-electron chi connectivity index (χ3n) is 2.68. The molecule has 90 valence electrons. The van der Waals surface area contributed by atoms with Crippen molar-refractivity contribution < 1.29 is 19.1 Å². The smallest absolute Gasteiger partial charge is 0.310 e. The van der Waals surface area contributed by atoms with Crippen LogP contribution in [0.1, 0.15) is 10.4 Å². The quantitative estimate of drug-likeness (QED) is 0.905. The fourth-order valence-electron chi connectivity index (χ4n) is 1.63. The zero-order valence-corrected chi connectivity index (χ0v) is 10.3. The highest BCUT2D eigenvalue weighted by Crippen LogP contribution is 2.22. The molecule has 1 aliphatic heterocycles. The molecule has 2 rings (SSSR count). The maximum Gasteiger partial charge on any atom is 0.310 e. The highest BCUT2D eigenvalue weighted by atomic mass is 79.9. The van der Waals surface area contributed by atoms with Crippen LogP contribution in [0.3, 0.4) is 0 Å². The summed E-state index contributed by atoms with van der Waals surface area (Å²) in [4.78, 5) is 23.7. The lowest BCUT2D eigenvalue weighted by Gasteiger charge is -2.36. The van der Waals surface area contributed by atoms with Crippen LogP contribution in [-0.2, 0) is 4.79 Å². The van der Waals surface area contributed by atoms with Gasteiger partial charge in [0, 0.05) is 17.6 Å². The number of amides is 1. The first kappa shape index (κ1) is 12.0. The summed E-state index contributed by atoms with van der Waals surface area (Å²) in [6.07, 6.45) is 0. The van der Waals surface area contributed by atoms with E-state index in [0.29, 0.717) is 4.47 Å². The van der Waals surface area contributed by atoms with E-state index in [9.17, 15) is 14.0 Å². The van der Waals surface area contributed by atoms with Gasteiger partial charge in [0.1, 0.15) is 5.82 Å². The number of aliphatic carboxylic acids is 1. The number of rotatable bonds is 2. The number of carboxylic acids is 1. The molecular weight excluding hydrogens is 293 g/mol. The molecule has 6 heteroatoms. The fourth-order valence-corrected chi connectivity index (χ4v) is 1.97. The van der Waals surface area contributed by atoms with Gasteiger partial charge < -0.3 is 10.0 Å². The van der Waals surface area contributed by atoms with E-state index in [1.165, 1.54) is 17.0 Å². The number of carbonyl (C=O) groups is 2. The maximum atomic E-state index is 13.5. The Balaban J connectivity index is 2.09. The third-order valence-corrected chi connectivity index (χ3v) is 3.17. The normalized spacial score (nSPS) is 15.5. The van der Waals surface area contributed by atoms with E-state index >= 15 is 0 Å². The lowest BCUT2D eigenvalue weighted by molar-refractivity contribution is -0.146. The number of likely N-dealkylation sites (tertiary alicyclic amines) is 1. The molecule has 0 saturated carbocycles. The van der Waals surface area contributed by atoms with Crippen molar-refractivity contribution >= 4 is 27.8 Å². The molecule has 1 fully saturated rings. The van der Waals surface area contributed by atoms with Crippen molar-refractivity contribution in [1.29, 1.82) is 0 Å². The Bertz CT molecular complexity index is 486. The van der Waals surface area contributed by atoms with Crippen LogP contribution in [0.25, 0.3) is 0 Å². The number of benzene rings is 1. The lowest BCUT2D eigenvalue weighted by Crippen LogP contribution is -2.53. The van der Waals surface area contributed by atoms with Crippen LogP contribution in [0.15, 0.2) is 22.7 Å². The van der Waals surface area contributed by atoms with Crippen molar-refractivity contribution in [3.05, 3.63) is 34.1 Å². The van der Waals surface area contributed by atoms with Gasteiger partial charge in [0.15, 0.2) is 0 Å². The summed E-state index contributed by atoms with van der Waals surface area (Å²) in [5.74, 6) is -2.53. The molecule has 0 aromatic heterocycles. The van der Waals surface area contributed by atoms with Gasteiger partial charge in [-0.3, -0.25) is 9.59 Å². The lowest BCUT2D eigenvalue weighted by atomic mass is 9.99. The molecule has 0 unspecified atom stereocenters. The SMILES string of the molecule is O=C(O)C1CN(C(=O)c2ccc(Br)cc2F)C1. The minimum Gasteiger partial charge on any atom is -0.481 e. The van der Waals surface area contributed by atoms with E-state index in [1.54, 1.807) is 6.07 Å². The van der Waals surface area contributed by atoms with Gasteiger partial charge in [-0.05, 0) is 18.2 Å². The predicted molar refractivity (Wildman–Crippen MR) is 61.1 cm³/mol. The van der Waals surface area contributed by atoms with Crippen molar-refractivity contribution in [2.75, 3.05) is 13.1 Å². The summed E-state index contributed by atoms with van der Waals surface area (Å²) >= 11 is 3.10. The first-order chi connectivity index (χ1) is 7.99. The molecule has 1 aromatic rings. The molecule has 1 saturated heterocycles. The zero-order valence-electron chi connectivity index (χ0n) is 8.69. The molecule has 1 amide bonds. The molecule has 0 atom stereocenters. The second-order valence-corrected chi connectivity index (χ2v) is 4.79. The Labute approximate surface area is 105 Å². The molecule has 1 N–H and O–H groups in total. The van der Waals surface area contributed by atoms with E-state index < -0.39 is 23.6 Å². The molecule has 17 heavy (non-hydrogen) atoms. The van der Waals surface area contributed by atoms with Crippen LogP contribution in [-0.4, -0.2) is 35.0 Å². The first-order valence-corrected chi connectivity index (χ1v) is 5.75. The Morgan fingerprint density at radius 3 is 2.59 bits per heavy atom. The van der Waals surface area contributed by atoms with Crippen LogP contribution < -0.4 is 0 Å². The number of halogens is 2. The van der Waals surface area contributed by atoms with Crippen LogP contribution in [0.2, 0.25) is 0 Å². The number of carboxylic acid groups (broad SMARTS) is 1. The van der Waals surface area contributed by atoms with Crippen molar-refractivity contribution in [3.8, 4) is 0 Å². The maximum absolute atomic E-state index is 13.5. The van der Waals surface area contributed by atoms with E-state index in [2.05, 4.69) is 15.9 Å². The molecular formula is C11H9BrFNO3. The van der Waals surface area contributed by atoms with E-state index in [0.717, 1.165) is 0 Å². The van der Waals surface area contributed by atoms with Crippen molar-refractivity contribution in [1.82, 2.24) is 4.90 Å². The van der Waals surface area contributed by atoms with Crippen LogP contribution in [0.5, 0.6) is 0 Å². The van der Waals surface area contributed by atoms with Gasteiger partial charge in [0.25, 0.3) is 5.91 Å². The van der Waals surface area contributed by atoms with Crippen LogP contribution in [0, 0.1) is 11.7 Å². The number of nitrogens with zero attached hydrogens (tertiary/aromatic N) is 1. The molecule has 0 spiro atoms. The highest BCUT2D eigenvalue weighted by molar-refractivity contribution is 9.10. The molecule has 0 aliphatic carbocycles. The first-order valence-electron chi connectivity index (χ1n) is 4.96. The molecule has 1 aliphatic rings. The van der Waals surface area contributed by atoms with Crippen LogP contribution >= 0.6 is 15.9 Å². The fraction of sp³-hybridized carbons (Fsp3) is 0.273. The third kappa shape index (κ3) is 2.31. The summed E-state index contributed by atoms with van der Waals surface area (Å²) in [6.45, 7) is 0.285. The van der Waals surface area contributed by atoms with Gasteiger partial charge >= 0.3 is 5.97 Å². The van der Waals surface area contributed by atoms with Crippen molar-refractivity contribution in [2.45, 2.75) is 0 Å². The molecule has 1 heterocycles. The van der Waals surface area contributed by atoms with Crippen molar-refractivity contribution in [3.63, 3.8) is 0 Å². The van der Waals surface area contributed by atoms with Gasteiger partial charge in [0.2, 0.25) is 0 Å². The Morgan fingerprint density at radius 2 is 2.06 bits per heavy atom. The summed E-state index contributed by atoms with van der Waals surface area (Å²) < 4.78 is 14.0. The van der Waals surface area contributed by atoms with Gasteiger partial charge in [-0.15, -0.1) is 0 Å². The highest BCUT2D eigenvalue weighted by Gasteiger charge is 2.36. The molecule has 4 nitrogen and oxygen atoms in total. The van der Waals surface area contributed by atoms with Gasteiger partial charge in [0.05, 0.1) is 11.5 Å². The second-order valence-electron chi connectivity index (χ2n) is 3.87. The van der Waals surface area contributed by atoms with E-state index in [1.807, 2.05) is 0 Å². The summed E-state index contributed by atoms with van der Waals surface area (Å²) in [5, 5.41) is 8.68. The van der Waals surface area contributed by atoms with E-state index in [-0.39, 0.29) is 18.7 Å². The largest absolute Gasteiger partial charge is 0.481 e. The summed E-state index contributed by atoms with van der Waals surface area (Å²) in [6, 6.07) is 4.17. The van der Waals surface area contributed by atoms with Gasteiger partial charge in [-0.2, -0.15) is 0 Å². The van der Waals surface area contributed by atoms with Crippen molar-refractivity contribution in [2.24, 2.45) is 5.92 Å². The Morgan fingerprint density at radius 1 is 1.41 bits per heavy atom. The molecule has 0 radical (unpaired) electrons. The summed E-state index contributed by atoms with van der Waals surface area (Å²) in [5.41, 5.74) is -0.0305. The monoisotopic (exact) mass is 301 g/mol. The van der Waals surface area contributed by atoms with E-state index in [4.69, 9.17) is 5.11 Å². The second kappa shape index (κ2) is 4.44. The van der Waals surface area contributed by atoms with Gasteiger partial charge in [-0.1, -0.05) is 15.9 Å². The zero-order chi connectivity index (χ0) is 12.6. The predicted octanol–water partition coefficient (Wildman–Crippen LogP) is 1.74. The Kier molecular flexibility index (Phi) is 3.15. The number of hydrogen-bond donors (Lipinski definition) is 1. The average molecular weight is 302 g/mol. The number of hydrogen-bond acceptors (Lipinski definition) is 2. The number of carbonyl (C=O) groups excluding carboxylic acids is 1. The summed E-state index contributed by atoms with van der Waals surface area (Å²) in [7, 11) is 0. The minimum absolute atomic E-state index is 0.0305. The molecule has 1 aromatic carbocycles. The standard InChI is InChI=1S/C11H9BrFNO3/c12-7-1-2-8(9(13)3-7)10(15)14-4-6(5-14)11(16)17/h1-3,6H,4-5H2,(H,16,17). The molecule has 0 bridgehead atoms. The van der Waals surface area contributed by atoms with Gasteiger partial charge in [-0.25, -0.2) is 4.39 Å². The average Bonchev–Trinajstić information content (AvgIpc) is 2.13. The topological polar surface area (TPSA) is 57.6 Å².